The van der Waals surface area contributed by atoms with E-state index >= 15 is 0 Å². The predicted octanol–water partition coefficient (Wildman–Crippen LogP) is 1.91. The predicted molar refractivity (Wildman–Crippen MR) is 78.1 cm³/mol. The lowest BCUT2D eigenvalue weighted by molar-refractivity contribution is -0.125. The van der Waals surface area contributed by atoms with E-state index in [1.807, 2.05) is 0 Å². The van der Waals surface area contributed by atoms with Crippen molar-refractivity contribution in [2.45, 2.75) is 39.2 Å². The molecule has 1 aromatic carbocycles. The highest BCUT2D eigenvalue weighted by atomic mass is 16.1. The monoisotopic (exact) mass is 260 g/mol. The van der Waals surface area contributed by atoms with Crippen molar-refractivity contribution >= 4 is 5.91 Å². The van der Waals surface area contributed by atoms with E-state index in [1.165, 1.54) is 11.1 Å². The van der Waals surface area contributed by atoms with Crippen molar-refractivity contribution < 1.29 is 4.79 Å². The Labute approximate surface area is 115 Å². The minimum atomic E-state index is 0.147. The molecule has 19 heavy (non-hydrogen) atoms. The van der Waals surface area contributed by atoms with Gasteiger partial charge >= 0.3 is 0 Å². The molecule has 104 valence electrons. The smallest absolute Gasteiger partial charge is 0.223 e. The molecule has 1 atom stereocenters. The highest BCUT2D eigenvalue weighted by Crippen LogP contribution is 2.25. The van der Waals surface area contributed by atoms with E-state index in [-0.39, 0.29) is 11.8 Å². The molecule has 1 unspecified atom stereocenters. The van der Waals surface area contributed by atoms with Gasteiger partial charge < -0.3 is 10.6 Å². The van der Waals surface area contributed by atoms with Gasteiger partial charge in [0, 0.05) is 25.0 Å². The number of fused-ring (bicyclic) bond motifs is 1. The minimum absolute atomic E-state index is 0.147. The van der Waals surface area contributed by atoms with Crippen LogP contribution >= 0.6 is 0 Å². The Morgan fingerprint density at radius 3 is 2.74 bits per heavy atom. The molecular weight excluding hydrogens is 236 g/mol. The molecule has 2 N–H and O–H groups in total. The average molecular weight is 260 g/mol. The molecule has 0 aromatic heterocycles. The molecule has 0 radical (unpaired) electrons. The van der Waals surface area contributed by atoms with Crippen LogP contribution in [0.25, 0.3) is 0 Å². The van der Waals surface area contributed by atoms with Crippen molar-refractivity contribution in [3.63, 3.8) is 0 Å². The summed E-state index contributed by atoms with van der Waals surface area (Å²) in [5.74, 6) is 0.356. The molecule has 0 saturated carbocycles. The summed E-state index contributed by atoms with van der Waals surface area (Å²) in [4.78, 5) is 12.1. The zero-order chi connectivity index (χ0) is 13.7. The first-order valence-corrected chi connectivity index (χ1v) is 7.24. The number of carbonyl (C=O) groups excluding carboxylic acids is 1. The van der Waals surface area contributed by atoms with Crippen molar-refractivity contribution in [1.29, 1.82) is 0 Å². The van der Waals surface area contributed by atoms with Gasteiger partial charge in [-0.2, -0.15) is 0 Å². The van der Waals surface area contributed by atoms with Gasteiger partial charge in [-0.05, 0) is 30.4 Å². The van der Waals surface area contributed by atoms with Crippen LogP contribution in [0.4, 0.5) is 0 Å². The van der Waals surface area contributed by atoms with Gasteiger partial charge in [0.2, 0.25) is 5.91 Å². The van der Waals surface area contributed by atoms with E-state index in [2.05, 4.69) is 48.7 Å². The second-order valence-corrected chi connectivity index (χ2v) is 5.61. The summed E-state index contributed by atoms with van der Waals surface area (Å²) < 4.78 is 0. The van der Waals surface area contributed by atoms with Gasteiger partial charge in [0.15, 0.2) is 0 Å². The molecule has 0 heterocycles. The Morgan fingerprint density at radius 1 is 1.26 bits per heavy atom. The van der Waals surface area contributed by atoms with Gasteiger partial charge in [-0.15, -0.1) is 0 Å². The Kier molecular flexibility index (Phi) is 4.97. The van der Waals surface area contributed by atoms with E-state index in [4.69, 9.17) is 0 Å². The van der Waals surface area contributed by atoms with Crippen LogP contribution in [0, 0.1) is 5.92 Å². The molecule has 0 fully saturated rings. The second kappa shape index (κ2) is 6.71. The zero-order valence-corrected chi connectivity index (χ0v) is 11.9. The molecule has 1 aliphatic carbocycles. The van der Waals surface area contributed by atoms with E-state index in [0.29, 0.717) is 6.04 Å². The molecule has 1 aliphatic rings. The maximum Gasteiger partial charge on any atom is 0.223 e. The van der Waals surface area contributed by atoms with Crippen molar-refractivity contribution in [3.05, 3.63) is 35.4 Å². The minimum Gasteiger partial charge on any atom is -0.355 e. The highest BCUT2D eigenvalue weighted by Gasteiger charge is 2.23. The number of rotatable bonds is 5. The van der Waals surface area contributed by atoms with Crippen molar-refractivity contribution in [2.24, 2.45) is 5.92 Å². The van der Waals surface area contributed by atoms with Crippen LogP contribution < -0.4 is 10.6 Å². The third-order valence-corrected chi connectivity index (χ3v) is 3.69. The molecule has 3 heteroatoms. The molecule has 3 nitrogen and oxygen atoms in total. The standard InChI is InChI=1S/C16H24N2O/c1-12(2)17-9-10-18-16(19)15-8-7-13-5-3-4-6-14(13)11-15/h3-6,12,15,17H,7-11H2,1-2H3,(H,18,19). The number of benzene rings is 1. The number of nitrogens with one attached hydrogen (secondary N) is 2. The second-order valence-electron chi connectivity index (χ2n) is 5.61. The van der Waals surface area contributed by atoms with Crippen LogP contribution in [0.1, 0.15) is 31.4 Å². The van der Waals surface area contributed by atoms with Crippen LogP contribution in [0.3, 0.4) is 0 Å². The van der Waals surface area contributed by atoms with Crippen LogP contribution in [0.5, 0.6) is 0 Å². The largest absolute Gasteiger partial charge is 0.355 e. The number of aryl methyl sites for hydroxylation is 1. The summed E-state index contributed by atoms with van der Waals surface area (Å²) in [6.07, 6.45) is 2.89. The zero-order valence-electron chi connectivity index (χ0n) is 11.9. The lowest BCUT2D eigenvalue weighted by Gasteiger charge is -2.23. The van der Waals surface area contributed by atoms with E-state index in [1.54, 1.807) is 0 Å². The van der Waals surface area contributed by atoms with Crippen LogP contribution in [0.15, 0.2) is 24.3 Å². The van der Waals surface area contributed by atoms with Gasteiger partial charge in [0.1, 0.15) is 0 Å². The van der Waals surface area contributed by atoms with E-state index in [9.17, 15) is 4.79 Å². The molecule has 0 aliphatic heterocycles. The normalized spacial score (nSPS) is 18.2. The summed E-state index contributed by atoms with van der Waals surface area (Å²) in [6.45, 7) is 5.78. The van der Waals surface area contributed by atoms with Crippen molar-refractivity contribution in [2.75, 3.05) is 13.1 Å². The third kappa shape index (κ3) is 4.06. The molecule has 2 rings (SSSR count). The van der Waals surface area contributed by atoms with Gasteiger partial charge in [-0.25, -0.2) is 0 Å². The summed E-state index contributed by atoms with van der Waals surface area (Å²) in [5, 5.41) is 6.34. The number of amides is 1. The van der Waals surface area contributed by atoms with Gasteiger partial charge in [0.25, 0.3) is 0 Å². The number of hydrogen-bond acceptors (Lipinski definition) is 2. The Balaban J connectivity index is 1.79. The molecule has 0 spiro atoms. The summed E-state index contributed by atoms with van der Waals surface area (Å²) in [6, 6.07) is 8.94. The van der Waals surface area contributed by atoms with Gasteiger partial charge in [-0.3, -0.25) is 4.79 Å². The van der Waals surface area contributed by atoms with Crippen LogP contribution in [0.2, 0.25) is 0 Å². The summed E-state index contributed by atoms with van der Waals surface area (Å²) >= 11 is 0. The van der Waals surface area contributed by atoms with Gasteiger partial charge in [0.05, 0.1) is 0 Å². The molecule has 1 aromatic rings. The fourth-order valence-electron chi connectivity index (χ4n) is 2.61. The Bertz CT molecular complexity index is 429. The van der Waals surface area contributed by atoms with Gasteiger partial charge in [-0.1, -0.05) is 38.1 Å². The fraction of sp³-hybridized carbons (Fsp3) is 0.562. The number of carbonyl (C=O) groups is 1. The first-order chi connectivity index (χ1) is 9.16. The SMILES string of the molecule is CC(C)NCCNC(=O)C1CCc2ccccc2C1. The molecular formula is C16H24N2O. The highest BCUT2D eigenvalue weighted by molar-refractivity contribution is 5.79. The Morgan fingerprint density at radius 2 is 2.00 bits per heavy atom. The lowest BCUT2D eigenvalue weighted by atomic mass is 9.83. The third-order valence-electron chi connectivity index (χ3n) is 3.69. The maximum absolute atomic E-state index is 12.1. The lowest BCUT2D eigenvalue weighted by Crippen LogP contribution is -2.39. The van der Waals surface area contributed by atoms with Crippen molar-refractivity contribution in [3.8, 4) is 0 Å². The molecule has 1 amide bonds. The van der Waals surface area contributed by atoms with E-state index < -0.39 is 0 Å². The van der Waals surface area contributed by atoms with Crippen LogP contribution in [-0.4, -0.2) is 25.0 Å². The van der Waals surface area contributed by atoms with Crippen molar-refractivity contribution in [1.82, 2.24) is 10.6 Å². The van der Waals surface area contributed by atoms with Crippen LogP contribution in [-0.2, 0) is 17.6 Å². The van der Waals surface area contributed by atoms with E-state index in [0.717, 1.165) is 32.4 Å². The molecule has 0 bridgehead atoms. The summed E-state index contributed by atoms with van der Waals surface area (Å²) in [5.41, 5.74) is 2.75. The first-order valence-electron chi connectivity index (χ1n) is 7.24. The topological polar surface area (TPSA) is 41.1 Å². The first kappa shape index (κ1) is 14.1. The number of hydrogen-bond donors (Lipinski definition) is 2. The summed E-state index contributed by atoms with van der Waals surface area (Å²) in [7, 11) is 0. The maximum atomic E-state index is 12.1. The quantitative estimate of drug-likeness (QED) is 0.794. The Hall–Kier alpha value is -1.35. The fourth-order valence-corrected chi connectivity index (χ4v) is 2.61. The average Bonchev–Trinajstić information content (AvgIpc) is 2.42. The molecule has 0 saturated heterocycles.